The molecule has 3 N–H and O–H groups in total. The Kier molecular flexibility index (Phi) is 2.59. The third kappa shape index (κ3) is 1.80. The predicted octanol–water partition coefficient (Wildman–Crippen LogP) is 1.41. The smallest absolute Gasteiger partial charge is 0.323 e. The van der Waals surface area contributed by atoms with Crippen molar-refractivity contribution in [2.75, 3.05) is 5.73 Å². The number of rotatable bonds is 2. The molecule has 0 saturated heterocycles. The zero-order valence-electron chi connectivity index (χ0n) is 9.54. The quantitative estimate of drug-likeness (QED) is 0.691. The van der Waals surface area contributed by atoms with Gasteiger partial charge in [0, 0.05) is 0 Å². The molecule has 3 aromatic rings. The van der Waals surface area contributed by atoms with Crippen LogP contribution in [0.4, 0.5) is 5.82 Å². The largest absolute Gasteiger partial charge is 0.480 e. The van der Waals surface area contributed by atoms with Gasteiger partial charge in [0.05, 0.1) is 10.9 Å². The number of carboxylic acid groups (broad SMARTS) is 1. The Labute approximate surface area is 115 Å². The number of aromatic nitrogens is 4. The van der Waals surface area contributed by atoms with Crippen LogP contribution in [0.15, 0.2) is 23.1 Å². The van der Waals surface area contributed by atoms with Gasteiger partial charge in [-0.2, -0.15) is 0 Å². The van der Waals surface area contributed by atoms with Crippen LogP contribution in [0.5, 0.6) is 0 Å². The van der Waals surface area contributed by atoms with Gasteiger partial charge in [-0.3, -0.25) is 4.79 Å². The average Bonchev–Trinajstić information content (AvgIpc) is 2.64. The number of nitrogens with two attached hydrogens (primary N) is 1. The minimum atomic E-state index is -0.959. The summed E-state index contributed by atoms with van der Waals surface area (Å²) in [5, 5.41) is 9.57. The Bertz CT molecular complexity index is 814. The first-order chi connectivity index (χ1) is 9.08. The fourth-order valence-corrected chi connectivity index (χ4v) is 2.37. The summed E-state index contributed by atoms with van der Waals surface area (Å²) in [6, 6.07) is 3.51. The maximum absolute atomic E-state index is 11.0. The van der Waals surface area contributed by atoms with Gasteiger partial charge in [-0.25, -0.2) is 15.0 Å². The molecule has 0 aliphatic heterocycles. The normalized spacial score (nSPS) is 11.2. The molecule has 3 rings (SSSR count). The lowest BCUT2D eigenvalue weighted by atomic mass is 10.3. The number of hydrogen-bond acceptors (Lipinski definition) is 5. The molecule has 0 bridgehead atoms. The molecular weight excluding hydrogens is 314 g/mol. The minimum absolute atomic E-state index is 0.209. The van der Waals surface area contributed by atoms with Gasteiger partial charge in [0.15, 0.2) is 0 Å². The maximum Gasteiger partial charge on any atom is 0.323 e. The average molecular weight is 322 g/mol. The van der Waals surface area contributed by atoms with Crippen LogP contribution in [0, 0.1) is 0 Å². The third-order valence-electron chi connectivity index (χ3n) is 2.77. The first kappa shape index (κ1) is 11.8. The molecule has 7 nitrogen and oxygen atoms in total. The van der Waals surface area contributed by atoms with E-state index in [1.807, 2.05) is 0 Å². The van der Waals surface area contributed by atoms with Gasteiger partial charge in [-0.15, -0.1) is 0 Å². The topological polar surface area (TPSA) is 107 Å². The number of anilines is 1. The summed E-state index contributed by atoms with van der Waals surface area (Å²) in [7, 11) is 0. The molecular formula is C11H8BrN5O2. The van der Waals surface area contributed by atoms with Crippen molar-refractivity contribution in [3.8, 4) is 0 Å². The summed E-state index contributed by atoms with van der Waals surface area (Å²) in [6.45, 7) is -0.209. The van der Waals surface area contributed by atoms with Crippen molar-refractivity contribution < 1.29 is 9.90 Å². The predicted molar refractivity (Wildman–Crippen MR) is 72.6 cm³/mol. The number of nitrogen functional groups attached to an aromatic ring is 1. The van der Waals surface area contributed by atoms with Crippen molar-refractivity contribution in [2.24, 2.45) is 0 Å². The van der Waals surface area contributed by atoms with Crippen LogP contribution in [-0.2, 0) is 11.3 Å². The van der Waals surface area contributed by atoms with Gasteiger partial charge in [0.25, 0.3) is 0 Å². The molecule has 0 amide bonds. The van der Waals surface area contributed by atoms with Crippen LogP contribution >= 0.6 is 15.9 Å². The summed E-state index contributed by atoms with van der Waals surface area (Å²) in [6.07, 6.45) is 1.31. The number of aliphatic carboxylic acids is 1. The highest BCUT2D eigenvalue weighted by Gasteiger charge is 2.17. The summed E-state index contributed by atoms with van der Waals surface area (Å²) in [5.74, 6) is -0.677. The van der Waals surface area contributed by atoms with E-state index in [1.54, 1.807) is 16.7 Å². The maximum atomic E-state index is 11.0. The Morgan fingerprint density at radius 2 is 2.21 bits per heavy atom. The summed E-state index contributed by atoms with van der Waals surface area (Å²) >= 11 is 3.28. The minimum Gasteiger partial charge on any atom is -0.480 e. The fourth-order valence-electron chi connectivity index (χ4n) is 2.06. The third-order valence-corrected chi connectivity index (χ3v) is 3.21. The zero-order valence-corrected chi connectivity index (χ0v) is 11.1. The van der Waals surface area contributed by atoms with Gasteiger partial charge in [-0.05, 0) is 28.1 Å². The van der Waals surface area contributed by atoms with Crippen molar-refractivity contribution in [2.45, 2.75) is 6.54 Å². The monoisotopic (exact) mass is 321 g/mol. The van der Waals surface area contributed by atoms with Gasteiger partial charge >= 0.3 is 5.97 Å². The Morgan fingerprint density at radius 1 is 1.42 bits per heavy atom. The van der Waals surface area contributed by atoms with Gasteiger partial charge in [0.2, 0.25) is 0 Å². The molecule has 0 aromatic carbocycles. The van der Waals surface area contributed by atoms with Crippen LogP contribution in [-0.4, -0.2) is 30.6 Å². The van der Waals surface area contributed by atoms with E-state index in [-0.39, 0.29) is 12.4 Å². The second-order valence-electron chi connectivity index (χ2n) is 3.94. The lowest BCUT2D eigenvalue weighted by Gasteiger charge is -2.02. The van der Waals surface area contributed by atoms with E-state index >= 15 is 0 Å². The number of nitrogens with zero attached hydrogens (tertiary/aromatic N) is 4. The molecule has 0 aliphatic carbocycles. The van der Waals surface area contributed by atoms with Crippen LogP contribution in [0.25, 0.3) is 22.1 Å². The van der Waals surface area contributed by atoms with Crippen LogP contribution in [0.2, 0.25) is 0 Å². The van der Waals surface area contributed by atoms with Crippen molar-refractivity contribution in [3.05, 3.63) is 23.1 Å². The van der Waals surface area contributed by atoms with E-state index < -0.39 is 5.97 Å². The SMILES string of the molecule is Nc1ncnc2c1c1nc(Br)ccc1n2CC(=O)O. The number of hydrogen-bond donors (Lipinski definition) is 2. The van der Waals surface area contributed by atoms with E-state index in [0.717, 1.165) is 0 Å². The molecule has 0 saturated carbocycles. The zero-order chi connectivity index (χ0) is 13.6. The van der Waals surface area contributed by atoms with E-state index in [9.17, 15) is 4.79 Å². The first-order valence-corrected chi connectivity index (χ1v) is 6.14. The Hall–Kier alpha value is -2.22. The van der Waals surface area contributed by atoms with Crippen LogP contribution in [0.1, 0.15) is 0 Å². The van der Waals surface area contributed by atoms with E-state index in [1.165, 1.54) is 6.33 Å². The second-order valence-corrected chi connectivity index (χ2v) is 4.75. The molecule has 96 valence electrons. The van der Waals surface area contributed by atoms with E-state index in [4.69, 9.17) is 10.8 Å². The number of carbonyl (C=O) groups is 1. The molecule has 3 heterocycles. The van der Waals surface area contributed by atoms with E-state index in [0.29, 0.717) is 26.7 Å². The molecule has 8 heteroatoms. The summed E-state index contributed by atoms with van der Waals surface area (Å²) in [4.78, 5) is 23.4. The second kappa shape index (κ2) is 4.16. The standard InChI is InChI=1S/C11H8BrN5O2/c12-6-2-1-5-9(16-6)8-10(13)14-4-15-11(8)17(5)3-7(18)19/h1-2,4H,3H2,(H,18,19)(H2,13,14,15). The highest BCUT2D eigenvalue weighted by atomic mass is 79.9. The van der Waals surface area contributed by atoms with Gasteiger partial charge < -0.3 is 15.4 Å². The number of fused-ring (bicyclic) bond motifs is 3. The van der Waals surface area contributed by atoms with Crippen molar-refractivity contribution in [3.63, 3.8) is 0 Å². The first-order valence-electron chi connectivity index (χ1n) is 5.34. The number of pyridine rings is 1. The molecule has 0 spiro atoms. The van der Waals surface area contributed by atoms with Crippen LogP contribution in [0.3, 0.4) is 0 Å². The summed E-state index contributed by atoms with van der Waals surface area (Å²) < 4.78 is 2.20. The Balaban J connectivity index is 2.50. The van der Waals surface area contributed by atoms with E-state index in [2.05, 4.69) is 30.9 Å². The Morgan fingerprint density at radius 3 is 2.95 bits per heavy atom. The molecule has 0 radical (unpaired) electrons. The van der Waals surface area contributed by atoms with Gasteiger partial charge in [-0.1, -0.05) is 0 Å². The molecule has 0 unspecified atom stereocenters. The van der Waals surface area contributed by atoms with Gasteiger partial charge in [0.1, 0.15) is 34.5 Å². The molecule has 0 atom stereocenters. The lowest BCUT2D eigenvalue weighted by Crippen LogP contribution is -2.09. The molecule has 3 aromatic heterocycles. The number of halogens is 1. The van der Waals surface area contributed by atoms with Crippen molar-refractivity contribution in [1.29, 1.82) is 0 Å². The highest BCUT2D eigenvalue weighted by molar-refractivity contribution is 9.10. The van der Waals surface area contributed by atoms with Crippen LogP contribution < -0.4 is 5.73 Å². The fraction of sp³-hybridized carbons (Fsp3) is 0.0909. The van der Waals surface area contributed by atoms with Crippen molar-refractivity contribution in [1.82, 2.24) is 19.5 Å². The molecule has 0 fully saturated rings. The highest BCUT2D eigenvalue weighted by Crippen LogP contribution is 2.30. The summed E-state index contributed by atoms with van der Waals surface area (Å²) in [5.41, 5.74) is 7.56. The number of carboxylic acids is 1. The molecule has 0 aliphatic rings. The van der Waals surface area contributed by atoms with Crippen molar-refractivity contribution >= 4 is 49.8 Å². The lowest BCUT2D eigenvalue weighted by molar-refractivity contribution is -0.137. The molecule has 19 heavy (non-hydrogen) atoms.